The summed E-state index contributed by atoms with van der Waals surface area (Å²) >= 11 is 0. The Morgan fingerprint density at radius 2 is 2.23 bits per heavy atom. The van der Waals surface area contributed by atoms with Crippen LogP contribution in [-0.2, 0) is 18.4 Å². The van der Waals surface area contributed by atoms with Gasteiger partial charge in [0, 0.05) is 25.4 Å². The van der Waals surface area contributed by atoms with Crippen LogP contribution in [0.5, 0.6) is 0 Å². The van der Waals surface area contributed by atoms with Gasteiger partial charge in [-0.2, -0.15) is 0 Å². The lowest BCUT2D eigenvalue weighted by molar-refractivity contribution is -0.120. The van der Waals surface area contributed by atoms with E-state index in [0.29, 0.717) is 0 Å². The molecule has 0 radical (unpaired) electrons. The summed E-state index contributed by atoms with van der Waals surface area (Å²) in [6.45, 7) is 0.240. The first-order chi connectivity index (χ1) is 6.18. The molecule has 4 heteroatoms. The van der Waals surface area contributed by atoms with E-state index in [4.69, 9.17) is 0 Å². The van der Waals surface area contributed by atoms with Crippen molar-refractivity contribution in [2.75, 3.05) is 0 Å². The molecule has 1 aliphatic rings. The Balaban J connectivity index is 2.13. The summed E-state index contributed by atoms with van der Waals surface area (Å²) in [5.74, 6) is 0.417. The second-order valence-corrected chi connectivity index (χ2v) is 3.56. The van der Waals surface area contributed by atoms with Crippen LogP contribution in [0.3, 0.4) is 0 Å². The molecule has 13 heavy (non-hydrogen) atoms. The largest absolute Gasteiger partial charge is 0.328 e. The van der Waals surface area contributed by atoms with E-state index in [1.54, 1.807) is 19.4 Å². The Morgan fingerprint density at radius 1 is 1.54 bits per heavy atom. The molecule has 2 rings (SSSR count). The first-order valence-electron chi connectivity index (χ1n) is 4.43. The molecule has 1 aromatic rings. The summed E-state index contributed by atoms with van der Waals surface area (Å²) < 4.78 is 2.93. The van der Waals surface area contributed by atoms with Crippen molar-refractivity contribution in [3.8, 4) is 0 Å². The summed E-state index contributed by atoms with van der Waals surface area (Å²) in [6, 6.07) is 0. The first-order valence-corrected chi connectivity index (χ1v) is 4.43. The van der Waals surface area contributed by atoms with E-state index in [0.717, 1.165) is 12.8 Å². The van der Waals surface area contributed by atoms with Crippen LogP contribution in [0, 0.1) is 5.92 Å². The standard InChI is InChI=1S/C9H12N2O2/c1-10-4-5-11(9(10)13)6-8(12)7-2-3-7/h4-5,7H,2-3,6H2,1H3. The predicted octanol–water partition coefficient (Wildman–Crippen LogP) is 0.166. The van der Waals surface area contributed by atoms with E-state index in [1.807, 2.05) is 0 Å². The molecule has 1 heterocycles. The van der Waals surface area contributed by atoms with Gasteiger partial charge in [0.2, 0.25) is 0 Å². The highest BCUT2D eigenvalue weighted by Crippen LogP contribution is 2.29. The third kappa shape index (κ3) is 1.56. The summed E-state index contributed by atoms with van der Waals surface area (Å²) in [6.07, 6.45) is 5.33. The minimum atomic E-state index is -0.117. The van der Waals surface area contributed by atoms with Gasteiger partial charge in [0.1, 0.15) is 0 Å². The third-order valence-corrected chi connectivity index (χ3v) is 2.38. The Bertz CT molecular complexity index is 385. The van der Waals surface area contributed by atoms with Gasteiger partial charge in [0.25, 0.3) is 0 Å². The smallest absolute Gasteiger partial charge is 0.302 e. The van der Waals surface area contributed by atoms with Gasteiger partial charge in [0.15, 0.2) is 5.78 Å². The van der Waals surface area contributed by atoms with E-state index in [9.17, 15) is 9.59 Å². The molecule has 0 N–H and O–H groups in total. The zero-order valence-electron chi connectivity index (χ0n) is 7.56. The van der Waals surface area contributed by atoms with Crippen molar-refractivity contribution < 1.29 is 4.79 Å². The molecule has 4 nitrogen and oxygen atoms in total. The fraction of sp³-hybridized carbons (Fsp3) is 0.556. The minimum absolute atomic E-state index is 0.117. The molecule has 0 aromatic carbocycles. The number of aryl methyl sites for hydroxylation is 1. The van der Waals surface area contributed by atoms with Crippen LogP contribution in [0.15, 0.2) is 17.2 Å². The average molecular weight is 180 g/mol. The number of nitrogens with zero attached hydrogens (tertiary/aromatic N) is 2. The number of hydrogen-bond donors (Lipinski definition) is 0. The fourth-order valence-corrected chi connectivity index (χ4v) is 1.33. The molecule has 0 saturated heterocycles. The van der Waals surface area contributed by atoms with E-state index >= 15 is 0 Å². The van der Waals surface area contributed by atoms with Crippen molar-refractivity contribution in [3.63, 3.8) is 0 Å². The zero-order chi connectivity index (χ0) is 9.42. The molecule has 1 aromatic heterocycles. The summed E-state index contributed by atoms with van der Waals surface area (Å²) in [7, 11) is 1.68. The zero-order valence-corrected chi connectivity index (χ0v) is 7.56. The van der Waals surface area contributed by atoms with Crippen molar-refractivity contribution in [2.45, 2.75) is 19.4 Å². The van der Waals surface area contributed by atoms with Crippen molar-refractivity contribution >= 4 is 5.78 Å². The maximum Gasteiger partial charge on any atom is 0.328 e. The van der Waals surface area contributed by atoms with Gasteiger partial charge in [-0.25, -0.2) is 4.79 Å². The van der Waals surface area contributed by atoms with Gasteiger partial charge >= 0.3 is 5.69 Å². The Kier molecular flexibility index (Phi) is 1.83. The van der Waals surface area contributed by atoms with Gasteiger partial charge < -0.3 is 4.57 Å². The molecular formula is C9H12N2O2. The molecule has 70 valence electrons. The molecule has 0 amide bonds. The minimum Gasteiger partial charge on any atom is -0.302 e. The topological polar surface area (TPSA) is 44.0 Å². The van der Waals surface area contributed by atoms with Gasteiger partial charge in [0.05, 0.1) is 6.54 Å². The third-order valence-electron chi connectivity index (χ3n) is 2.38. The van der Waals surface area contributed by atoms with Crippen LogP contribution in [0.4, 0.5) is 0 Å². The molecule has 0 bridgehead atoms. The number of carbonyl (C=O) groups excluding carboxylic acids is 1. The SMILES string of the molecule is Cn1ccn(CC(=O)C2CC2)c1=O. The van der Waals surface area contributed by atoms with Crippen molar-refractivity contribution in [2.24, 2.45) is 13.0 Å². The van der Waals surface area contributed by atoms with Gasteiger partial charge in [-0.3, -0.25) is 9.36 Å². The quantitative estimate of drug-likeness (QED) is 0.665. The summed E-state index contributed by atoms with van der Waals surface area (Å²) in [5.41, 5.74) is -0.117. The van der Waals surface area contributed by atoms with Crippen LogP contribution in [-0.4, -0.2) is 14.9 Å². The van der Waals surface area contributed by atoms with E-state index in [2.05, 4.69) is 0 Å². The van der Waals surface area contributed by atoms with Crippen LogP contribution < -0.4 is 5.69 Å². The van der Waals surface area contributed by atoms with E-state index < -0.39 is 0 Å². The van der Waals surface area contributed by atoms with E-state index in [1.165, 1.54) is 9.13 Å². The second kappa shape index (κ2) is 2.87. The number of imidazole rings is 1. The first kappa shape index (κ1) is 8.29. The van der Waals surface area contributed by atoms with Gasteiger partial charge in [-0.1, -0.05) is 0 Å². The lowest BCUT2D eigenvalue weighted by Crippen LogP contribution is -2.25. The van der Waals surface area contributed by atoms with Gasteiger partial charge in [-0.05, 0) is 12.8 Å². The molecule has 0 spiro atoms. The van der Waals surface area contributed by atoms with Crippen LogP contribution in [0.2, 0.25) is 0 Å². The maximum absolute atomic E-state index is 11.4. The Hall–Kier alpha value is -1.32. The maximum atomic E-state index is 11.4. The van der Waals surface area contributed by atoms with Crippen molar-refractivity contribution in [1.82, 2.24) is 9.13 Å². The lowest BCUT2D eigenvalue weighted by atomic mass is 10.3. The summed E-state index contributed by atoms with van der Waals surface area (Å²) in [4.78, 5) is 22.7. The van der Waals surface area contributed by atoms with Crippen LogP contribution >= 0.6 is 0 Å². The normalized spacial score (nSPS) is 16.1. The molecule has 1 saturated carbocycles. The predicted molar refractivity (Wildman–Crippen MR) is 47.4 cm³/mol. The number of Topliss-reactive ketones (excluding diaryl/α,β-unsaturated/α-hetero) is 1. The van der Waals surface area contributed by atoms with Gasteiger partial charge in [-0.15, -0.1) is 0 Å². The van der Waals surface area contributed by atoms with Crippen LogP contribution in [0.1, 0.15) is 12.8 Å². The highest BCUT2D eigenvalue weighted by atomic mass is 16.2. The number of carbonyl (C=O) groups is 1. The molecule has 0 aliphatic heterocycles. The number of hydrogen-bond acceptors (Lipinski definition) is 2. The van der Waals surface area contributed by atoms with E-state index in [-0.39, 0.29) is 23.9 Å². The highest BCUT2D eigenvalue weighted by Gasteiger charge is 2.29. The molecule has 0 atom stereocenters. The Morgan fingerprint density at radius 3 is 2.69 bits per heavy atom. The summed E-state index contributed by atoms with van der Waals surface area (Å²) in [5, 5.41) is 0. The number of rotatable bonds is 3. The average Bonchev–Trinajstić information content (AvgIpc) is 2.89. The Labute approximate surface area is 75.8 Å². The van der Waals surface area contributed by atoms with Crippen molar-refractivity contribution in [1.29, 1.82) is 0 Å². The lowest BCUT2D eigenvalue weighted by Gasteiger charge is -1.97. The number of ketones is 1. The molecule has 1 aliphatic carbocycles. The monoisotopic (exact) mass is 180 g/mol. The molecule has 0 unspecified atom stereocenters. The molecule has 1 fully saturated rings. The highest BCUT2D eigenvalue weighted by molar-refractivity contribution is 5.82. The number of aromatic nitrogens is 2. The molecular weight excluding hydrogens is 168 g/mol. The fourth-order valence-electron chi connectivity index (χ4n) is 1.33. The van der Waals surface area contributed by atoms with Crippen LogP contribution in [0.25, 0.3) is 0 Å². The second-order valence-electron chi connectivity index (χ2n) is 3.56. The van der Waals surface area contributed by atoms with Crippen molar-refractivity contribution in [3.05, 3.63) is 22.9 Å².